The molecule has 1 aliphatic rings. The van der Waals surface area contributed by atoms with Gasteiger partial charge in [0, 0.05) is 18.3 Å². The highest BCUT2D eigenvalue weighted by molar-refractivity contribution is 5.47. The van der Waals surface area contributed by atoms with Crippen LogP contribution in [0, 0.1) is 0 Å². The van der Waals surface area contributed by atoms with Gasteiger partial charge in [0.15, 0.2) is 0 Å². The van der Waals surface area contributed by atoms with Gasteiger partial charge in [-0.2, -0.15) is 0 Å². The molecule has 0 aromatic heterocycles. The SMILES string of the molecule is CC1NCc2ccc(N)cc21. The van der Waals surface area contributed by atoms with Crippen LogP contribution in [-0.4, -0.2) is 0 Å². The smallest absolute Gasteiger partial charge is 0.0317 e. The lowest BCUT2D eigenvalue weighted by Gasteiger charge is -2.03. The third kappa shape index (κ3) is 0.994. The highest BCUT2D eigenvalue weighted by atomic mass is 14.9. The van der Waals surface area contributed by atoms with Crippen molar-refractivity contribution in [1.82, 2.24) is 5.32 Å². The monoisotopic (exact) mass is 148 g/mol. The Balaban J connectivity index is 2.52. The number of fused-ring (bicyclic) bond motifs is 1. The maximum atomic E-state index is 5.67. The quantitative estimate of drug-likeness (QED) is 0.546. The van der Waals surface area contributed by atoms with Crippen LogP contribution in [0.15, 0.2) is 18.2 Å². The molecule has 1 aromatic rings. The molecule has 0 saturated heterocycles. The fourth-order valence-electron chi connectivity index (χ4n) is 1.55. The molecule has 1 aliphatic heterocycles. The van der Waals surface area contributed by atoms with E-state index in [1.54, 1.807) is 0 Å². The molecule has 11 heavy (non-hydrogen) atoms. The minimum Gasteiger partial charge on any atom is -0.399 e. The molecule has 1 unspecified atom stereocenters. The van der Waals surface area contributed by atoms with E-state index in [0.717, 1.165) is 12.2 Å². The number of nitrogens with one attached hydrogen (secondary N) is 1. The third-order valence-corrected chi connectivity index (χ3v) is 2.24. The fraction of sp³-hybridized carbons (Fsp3) is 0.333. The van der Waals surface area contributed by atoms with E-state index in [1.807, 2.05) is 6.07 Å². The predicted molar refractivity (Wildman–Crippen MR) is 46.1 cm³/mol. The number of nitrogen functional groups attached to an aromatic ring is 1. The Hall–Kier alpha value is -1.02. The van der Waals surface area contributed by atoms with Gasteiger partial charge in [-0.25, -0.2) is 0 Å². The minimum atomic E-state index is 0.466. The van der Waals surface area contributed by atoms with E-state index in [-0.39, 0.29) is 0 Å². The van der Waals surface area contributed by atoms with Crippen molar-refractivity contribution < 1.29 is 0 Å². The van der Waals surface area contributed by atoms with Gasteiger partial charge in [0.25, 0.3) is 0 Å². The molecule has 0 amide bonds. The molecular formula is C9H12N2. The number of hydrogen-bond donors (Lipinski definition) is 2. The lowest BCUT2D eigenvalue weighted by molar-refractivity contribution is 0.633. The number of hydrogen-bond acceptors (Lipinski definition) is 2. The molecule has 1 atom stereocenters. The molecule has 0 radical (unpaired) electrons. The van der Waals surface area contributed by atoms with Crippen LogP contribution in [0.5, 0.6) is 0 Å². The van der Waals surface area contributed by atoms with Crippen LogP contribution in [0.4, 0.5) is 5.69 Å². The first kappa shape index (κ1) is 6.68. The van der Waals surface area contributed by atoms with Gasteiger partial charge in [-0.05, 0) is 30.2 Å². The zero-order valence-electron chi connectivity index (χ0n) is 6.59. The maximum Gasteiger partial charge on any atom is 0.0317 e. The second-order valence-corrected chi connectivity index (χ2v) is 3.06. The average Bonchev–Trinajstić information content (AvgIpc) is 2.33. The van der Waals surface area contributed by atoms with Gasteiger partial charge >= 0.3 is 0 Å². The van der Waals surface area contributed by atoms with Crippen LogP contribution in [0.1, 0.15) is 24.1 Å². The molecule has 3 N–H and O–H groups in total. The van der Waals surface area contributed by atoms with Gasteiger partial charge in [-0.1, -0.05) is 6.07 Å². The summed E-state index contributed by atoms with van der Waals surface area (Å²) in [5.41, 5.74) is 9.26. The molecule has 2 rings (SSSR count). The van der Waals surface area contributed by atoms with E-state index >= 15 is 0 Å². The molecular weight excluding hydrogens is 136 g/mol. The Bertz CT molecular complexity index is 281. The second-order valence-electron chi connectivity index (χ2n) is 3.06. The molecule has 0 spiro atoms. The summed E-state index contributed by atoms with van der Waals surface area (Å²) in [5, 5.41) is 3.36. The first-order chi connectivity index (χ1) is 5.27. The Morgan fingerprint density at radius 1 is 1.55 bits per heavy atom. The first-order valence-corrected chi connectivity index (χ1v) is 3.89. The summed E-state index contributed by atoms with van der Waals surface area (Å²) in [6.07, 6.45) is 0. The van der Waals surface area contributed by atoms with Crippen molar-refractivity contribution >= 4 is 5.69 Å². The molecule has 2 nitrogen and oxygen atoms in total. The highest BCUT2D eigenvalue weighted by Gasteiger charge is 2.16. The van der Waals surface area contributed by atoms with Crippen LogP contribution < -0.4 is 11.1 Å². The van der Waals surface area contributed by atoms with Crippen molar-refractivity contribution in [1.29, 1.82) is 0 Å². The van der Waals surface area contributed by atoms with Crippen LogP contribution in [0.3, 0.4) is 0 Å². The summed E-state index contributed by atoms with van der Waals surface area (Å²) in [6.45, 7) is 3.14. The Labute approximate surface area is 66.4 Å². The summed E-state index contributed by atoms with van der Waals surface area (Å²) in [6, 6.07) is 6.58. The van der Waals surface area contributed by atoms with Gasteiger partial charge in [0.05, 0.1) is 0 Å². The Kier molecular flexibility index (Phi) is 1.36. The van der Waals surface area contributed by atoms with Crippen molar-refractivity contribution in [3.63, 3.8) is 0 Å². The summed E-state index contributed by atoms with van der Waals surface area (Å²) >= 11 is 0. The second kappa shape index (κ2) is 2.24. The van der Waals surface area contributed by atoms with E-state index in [9.17, 15) is 0 Å². The predicted octanol–water partition coefficient (Wildman–Crippen LogP) is 1.43. The lowest BCUT2D eigenvalue weighted by atomic mass is 10.1. The van der Waals surface area contributed by atoms with Crippen molar-refractivity contribution in [2.24, 2.45) is 0 Å². The van der Waals surface area contributed by atoms with Gasteiger partial charge in [-0.15, -0.1) is 0 Å². The van der Waals surface area contributed by atoms with Crippen molar-refractivity contribution in [2.45, 2.75) is 19.5 Å². The number of rotatable bonds is 0. The van der Waals surface area contributed by atoms with Gasteiger partial charge < -0.3 is 11.1 Å². The zero-order valence-corrected chi connectivity index (χ0v) is 6.59. The van der Waals surface area contributed by atoms with Gasteiger partial charge in [-0.3, -0.25) is 0 Å². The van der Waals surface area contributed by atoms with Crippen LogP contribution >= 0.6 is 0 Å². The molecule has 0 saturated carbocycles. The summed E-state index contributed by atoms with van der Waals surface area (Å²) in [5.74, 6) is 0. The molecule has 2 heteroatoms. The number of benzene rings is 1. The van der Waals surface area contributed by atoms with Crippen molar-refractivity contribution in [3.8, 4) is 0 Å². The summed E-state index contributed by atoms with van der Waals surface area (Å²) < 4.78 is 0. The molecule has 0 aliphatic carbocycles. The standard InChI is InChI=1S/C9H12N2/c1-6-9-4-8(10)3-2-7(9)5-11-6/h2-4,6,11H,5,10H2,1H3. The molecule has 1 aromatic carbocycles. The van der Waals surface area contributed by atoms with Crippen LogP contribution in [-0.2, 0) is 6.54 Å². The molecule has 58 valence electrons. The van der Waals surface area contributed by atoms with E-state index in [2.05, 4.69) is 24.4 Å². The van der Waals surface area contributed by atoms with Crippen molar-refractivity contribution in [2.75, 3.05) is 5.73 Å². The molecule has 1 heterocycles. The maximum absolute atomic E-state index is 5.67. The van der Waals surface area contributed by atoms with Gasteiger partial charge in [0.1, 0.15) is 0 Å². The zero-order chi connectivity index (χ0) is 7.84. The Morgan fingerprint density at radius 3 is 3.18 bits per heavy atom. The third-order valence-electron chi connectivity index (χ3n) is 2.24. The Morgan fingerprint density at radius 2 is 2.36 bits per heavy atom. The first-order valence-electron chi connectivity index (χ1n) is 3.89. The summed E-state index contributed by atoms with van der Waals surface area (Å²) in [7, 11) is 0. The lowest BCUT2D eigenvalue weighted by Crippen LogP contribution is -2.07. The normalized spacial score (nSPS) is 21.7. The van der Waals surface area contributed by atoms with Gasteiger partial charge in [0.2, 0.25) is 0 Å². The number of nitrogens with two attached hydrogens (primary N) is 1. The fourth-order valence-corrected chi connectivity index (χ4v) is 1.55. The largest absolute Gasteiger partial charge is 0.399 e. The molecule has 0 fully saturated rings. The topological polar surface area (TPSA) is 38.0 Å². The van der Waals surface area contributed by atoms with Crippen molar-refractivity contribution in [3.05, 3.63) is 29.3 Å². The van der Waals surface area contributed by atoms with E-state index in [1.165, 1.54) is 11.1 Å². The average molecular weight is 148 g/mol. The molecule has 0 bridgehead atoms. The number of anilines is 1. The summed E-state index contributed by atoms with van der Waals surface area (Å²) in [4.78, 5) is 0. The van der Waals surface area contributed by atoms with E-state index in [4.69, 9.17) is 5.73 Å². The van der Waals surface area contributed by atoms with Crippen LogP contribution in [0.2, 0.25) is 0 Å². The minimum absolute atomic E-state index is 0.466. The highest BCUT2D eigenvalue weighted by Crippen LogP contribution is 2.26. The van der Waals surface area contributed by atoms with E-state index in [0.29, 0.717) is 6.04 Å². The van der Waals surface area contributed by atoms with E-state index < -0.39 is 0 Å². The van der Waals surface area contributed by atoms with Crippen LogP contribution in [0.25, 0.3) is 0 Å².